The van der Waals surface area contributed by atoms with Gasteiger partial charge in [-0.15, -0.1) is 0 Å². The molecule has 0 aliphatic rings. The highest BCUT2D eigenvalue weighted by molar-refractivity contribution is 7.92. The van der Waals surface area contributed by atoms with Crippen LogP contribution in [0.15, 0.2) is 29.4 Å². The highest BCUT2D eigenvalue weighted by Gasteiger charge is 2.22. The van der Waals surface area contributed by atoms with Crippen LogP contribution in [0.25, 0.3) is 0 Å². The number of aliphatic hydroxyl groups is 1. The first kappa shape index (κ1) is 15.1. The Balaban J connectivity index is 2.41. The SMILES string of the molecule is COc1ccc(OC)c(NS(=O)(=O)c2[nH]ncc2CO)c1. The van der Waals surface area contributed by atoms with Gasteiger partial charge in [-0.1, -0.05) is 0 Å². The topological polar surface area (TPSA) is 114 Å². The summed E-state index contributed by atoms with van der Waals surface area (Å²) in [7, 11) is -1.04. The number of nitrogens with zero attached hydrogens (tertiary/aromatic N) is 1. The van der Waals surface area contributed by atoms with Gasteiger partial charge in [0.15, 0.2) is 5.03 Å². The number of ether oxygens (including phenoxy) is 2. The highest BCUT2D eigenvalue weighted by Crippen LogP contribution is 2.30. The lowest BCUT2D eigenvalue weighted by Gasteiger charge is -2.12. The van der Waals surface area contributed by atoms with Crippen LogP contribution in [0.2, 0.25) is 0 Å². The number of sulfonamides is 1. The Labute approximate surface area is 121 Å². The zero-order valence-corrected chi connectivity index (χ0v) is 12.3. The second-order valence-electron chi connectivity index (χ2n) is 4.05. The Kier molecular flexibility index (Phi) is 4.34. The van der Waals surface area contributed by atoms with Crippen molar-refractivity contribution in [2.75, 3.05) is 18.9 Å². The van der Waals surface area contributed by atoms with E-state index in [9.17, 15) is 8.42 Å². The molecule has 0 bridgehead atoms. The molecule has 1 aromatic heterocycles. The largest absolute Gasteiger partial charge is 0.497 e. The predicted octanol–water partition coefficient (Wildman–Crippen LogP) is 0.720. The average Bonchev–Trinajstić information content (AvgIpc) is 2.96. The lowest BCUT2D eigenvalue weighted by atomic mass is 10.3. The van der Waals surface area contributed by atoms with E-state index in [0.29, 0.717) is 11.5 Å². The number of anilines is 1. The Bertz CT molecular complexity index is 726. The summed E-state index contributed by atoms with van der Waals surface area (Å²) >= 11 is 0. The maximum atomic E-state index is 12.3. The van der Waals surface area contributed by atoms with Crippen LogP contribution in [-0.4, -0.2) is 37.9 Å². The van der Waals surface area contributed by atoms with E-state index in [1.165, 1.54) is 26.5 Å². The van der Waals surface area contributed by atoms with Crippen molar-refractivity contribution in [2.24, 2.45) is 0 Å². The molecule has 21 heavy (non-hydrogen) atoms. The van der Waals surface area contributed by atoms with Crippen molar-refractivity contribution >= 4 is 15.7 Å². The van der Waals surface area contributed by atoms with Crippen LogP contribution >= 0.6 is 0 Å². The third-order valence-corrected chi connectivity index (χ3v) is 4.15. The normalized spacial score (nSPS) is 11.2. The standard InChI is InChI=1S/C12H15N3O5S/c1-19-9-3-4-11(20-2)10(5-9)15-21(17,18)12-8(7-16)6-13-14-12/h3-6,15-16H,7H2,1-2H3,(H,13,14). The average molecular weight is 313 g/mol. The van der Waals surface area contributed by atoms with Crippen molar-refractivity contribution in [1.82, 2.24) is 10.2 Å². The molecule has 0 spiro atoms. The summed E-state index contributed by atoms with van der Waals surface area (Å²) in [5.41, 5.74) is 0.389. The number of hydrogen-bond donors (Lipinski definition) is 3. The number of hydrogen-bond acceptors (Lipinski definition) is 6. The van der Waals surface area contributed by atoms with Gasteiger partial charge in [0.05, 0.1) is 32.7 Å². The van der Waals surface area contributed by atoms with E-state index in [2.05, 4.69) is 14.9 Å². The first-order chi connectivity index (χ1) is 10.0. The van der Waals surface area contributed by atoms with Crippen LogP contribution in [0.1, 0.15) is 5.56 Å². The summed E-state index contributed by atoms with van der Waals surface area (Å²) in [6.07, 6.45) is 1.25. The van der Waals surface area contributed by atoms with Crippen molar-refractivity contribution in [2.45, 2.75) is 11.6 Å². The minimum Gasteiger partial charge on any atom is -0.497 e. The Morgan fingerprint density at radius 3 is 2.71 bits per heavy atom. The van der Waals surface area contributed by atoms with Gasteiger partial charge in [-0.25, -0.2) is 0 Å². The van der Waals surface area contributed by atoms with E-state index < -0.39 is 16.6 Å². The number of aliphatic hydroxyl groups excluding tert-OH is 1. The molecule has 2 aromatic rings. The Morgan fingerprint density at radius 2 is 2.10 bits per heavy atom. The molecule has 0 saturated carbocycles. The van der Waals surface area contributed by atoms with Crippen molar-refractivity contribution in [3.05, 3.63) is 30.0 Å². The van der Waals surface area contributed by atoms with Gasteiger partial charge in [0, 0.05) is 11.6 Å². The third kappa shape index (κ3) is 3.09. The molecule has 0 radical (unpaired) electrons. The van der Waals surface area contributed by atoms with Gasteiger partial charge in [0.1, 0.15) is 11.5 Å². The maximum absolute atomic E-state index is 12.3. The number of H-pyrrole nitrogens is 1. The number of aromatic amines is 1. The second-order valence-corrected chi connectivity index (χ2v) is 5.67. The lowest BCUT2D eigenvalue weighted by Crippen LogP contribution is -2.16. The number of nitrogens with one attached hydrogen (secondary N) is 2. The summed E-state index contributed by atoms with van der Waals surface area (Å²) < 4.78 is 37.2. The van der Waals surface area contributed by atoms with Crippen LogP contribution in [-0.2, 0) is 16.6 Å². The molecule has 0 atom stereocenters. The molecule has 0 amide bonds. The van der Waals surface area contributed by atoms with Crippen molar-refractivity contribution in [3.8, 4) is 11.5 Å². The van der Waals surface area contributed by atoms with Crippen LogP contribution < -0.4 is 14.2 Å². The van der Waals surface area contributed by atoms with Gasteiger partial charge in [-0.05, 0) is 12.1 Å². The van der Waals surface area contributed by atoms with Crippen LogP contribution in [0, 0.1) is 0 Å². The third-order valence-electron chi connectivity index (χ3n) is 2.77. The lowest BCUT2D eigenvalue weighted by molar-refractivity contribution is 0.278. The molecule has 0 aliphatic heterocycles. The fourth-order valence-electron chi connectivity index (χ4n) is 1.73. The molecule has 0 saturated heterocycles. The van der Waals surface area contributed by atoms with Gasteiger partial charge < -0.3 is 14.6 Å². The molecular weight excluding hydrogens is 298 g/mol. The van der Waals surface area contributed by atoms with Crippen molar-refractivity contribution in [1.29, 1.82) is 0 Å². The smallest absolute Gasteiger partial charge is 0.279 e. The summed E-state index contributed by atoms with van der Waals surface area (Å²) in [5, 5.41) is 14.9. The fourth-order valence-corrected chi connectivity index (χ4v) is 2.92. The predicted molar refractivity (Wildman–Crippen MR) is 74.9 cm³/mol. The fraction of sp³-hybridized carbons (Fsp3) is 0.250. The summed E-state index contributed by atoms with van der Waals surface area (Å²) in [5.74, 6) is 0.810. The van der Waals surface area contributed by atoms with Crippen LogP contribution in [0.3, 0.4) is 0 Å². The first-order valence-electron chi connectivity index (χ1n) is 5.89. The first-order valence-corrected chi connectivity index (χ1v) is 7.38. The molecule has 1 aromatic carbocycles. The number of rotatable bonds is 6. The van der Waals surface area contributed by atoms with E-state index >= 15 is 0 Å². The molecule has 0 aliphatic carbocycles. The van der Waals surface area contributed by atoms with Gasteiger partial charge in [0.25, 0.3) is 10.0 Å². The summed E-state index contributed by atoms with van der Waals surface area (Å²) in [6, 6.07) is 4.72. The van der Waals surface area contributed by atoms with Gasteiger partial charge in [-0.2, -0.15) is 13.5 Å². The Morgan fingerprint density at radius 1 is 1.33 bits per heavy atom. The number of aromatic nitrogens is 2. The molecule has 0 fully saturated rings. The minimum atomic E-state index is -3.93. The van der Waals surface area contributed by atoms with Crippen molar-refractivity contribution in [3.63, 3.8) is 0 Å². The molecule has 0 unspecified atom stereocenters. The highest BCUT2D eigenvalue weighted by atomic mass is 32.2. The summed E-state index contributed by atoms with van der Waals surface area (Å²) in [6.45, 7) is -0.442. The Hall–Kier alpha value is -2.26. The molecular formula is C12H15N3O5S. The molecule has 9 heteroatoms. The van der Waals surface area contributed by atoms with Gasteiger partial charge in [0.2, 0.25) is 0 Å². The quantitative estimate of drug-likeness (QED) is 0.724. The zero-order chi connectivity index (χ0) is 15.5. The van der Waals surface area contributed by atoms with Crippen LogP contribution in [0.4, 0.5) is 5.69 Å². The second kappa shape index (κ2) is 6.02. The van der Waals surface area contributed by atoms with E-state index in [4.69, 9.17) is 14.6 Å². The minimum absolute atomic E-state index is 0.171. The molecule has 114 valence electrons. The monoisotopic (exact) mass is 313 g/mol. The summed E-state index contributed by atoms with van der Waals surface area (Å²) in [4.78, 5) is 0. The number of benzene rings is 1. The zero-order valence-electron chi connectivity index (χ0n) is 11.5. The van der Waals surface area contributed by atoms with E-state index in [1.54, 1.807) is 12.1 Å². The molecule has 3 N–H and O–H groups in total. The van der Waals surface area contributed by atoms with E-state index in [1.807, 2.05) is 0 Å². The van der Waals surface area contributed by atoms with E-state index in [-0.39, 0.29) is 16.3 Å². The number of methoxy groups -OCH3 is 2. The van der Waals surface area contributed by atoms with Crippen LogP contribution in [0.5, 0.6) is 11.5 Å². The van der Waals surface area contributed by atoms with Crippen molar-refractivity contribution < 1.29 is 23.0 Å². The van der Waals surface area contributed by atoms with Gasteiger partial charge in [-0.3, -0.25) is 9.82 Å². The maximum Gasteiger partial charge on any atom is 0.279 e. The van der Waals surface area contributed by atoms with E-state index in [0.717, 1.165) is 0 Å². The molecule has 1 heterocycles. The molecule has 8 nitrogen and oxygen atoms in total. The van der Waals surface area contributed by atoms with Gasteiger partial charge >= 0.3 is 0 Å². The molecule has 2 rings (SSSR count).